The molecule has 5 nitrogen and oxygen atoms in total. The number of nitrogens with one attached hydrogen (secondary N) is 1. The molecule has 1 saturated heterocycles. The van der Waals surface area contributed by atoms with Crippen molar-refractivity contribution in [3.05, 3.63) is 39.3 Å². The van der Waals surface area contributed by atoms with Crippen LogP contribution >= 0.6 is 0 Å². The van der Waals surface area contributed by atoms with Crippen LogP contribution in [-0.4, -0.2) is 29.8 Å². The summed E-state index contributed by atoms with van der Waals surface area (Å²) in [6.45, 7) is 11.5. The van der Waals surface area contributed by atoms with E-state index in [9.17, 15) is 15.2 Å². The minimum Gasteiger partial charge on any atom is -0.395 e. The third-order valence-corrected chi connectivity index (χ3v) is 6.49. The van der Waals surface area contributed by atoms with Crippen LogP contribution in [-0.2, 0) is 0 Å². The quantitative estimate of drug-likeness (QED) is 0.832. The molecule has 2 fully saturated rings. The Kier molecular flexibility index (Phi) is 5.05. The molecule has 0 aromatic carbocycles. The molecule has 1 aromatic rings. The molecule has 2 heterocycles. The van der Waals surface area contributed by atoms with Gasteiger partial charge >= 0.3 is 0 Å². The molecule has 1 aliphatic heterocycles. The Morgan fingerprint density at radius 3 is 2.48 bits per heavy atom. The van der Waals surface area contributed by atoms with Crippen LogP contribution in [0.5, 0.6) is 0 Å². The number of hydrogen-bond acceptors (Lipinski definition) is 4. The van der Waals surface area contributed by atoms with E-state index in [-0.39, 0.29) is 17.7 Å². The Labute approximate surface area is 161 Å². The molecule has 144 valence electrons. The summed E-state index contributed by atoms with van der Waals surface area (Å²) in [7, 11) is 0. The molecule has 1 aliphatic carbocycles. The van der Waals surface area contributed by atoms with Gasteiger partial charge in [-0.05, 0) is 44.1 Å². The molecular formula is C22H29N3O2. The monoisotopic (exact) mass is 367 g/mol. The fourth-order valence-corrected chi connectivity index (χ4v) is 3.78. The van der Waals surface area contributed by atoms with E-state index < -0.39 is 5.41 Å². The lowest BCUT2D eigenvalue weighted by molar-refractivity contribution is 0.191. The van der Waals surface area contributed by atoms with E-state index >= 15 is 0 Å². The minimum atomic E-state index is -0.390. The van der Waals surface area contributed by atoms with Crippen molar-refractivity contribution in [3.63, 3.8) is 0 Å². The number of H-pyrrole nitrogens is 1. The van der Waals surface area contributed by atoms with Crippen molar-refractivity contribution in [2.45, 2.75) is 46.5 Å². The molecule has 0 atom stereocenters. The van der Waals surface area contributed by atoms with Gasteiger partial charge in [0.1, 0.15) is 11.6 Å². The van der Waals surface area contributed by atoms with Gasteiger partial charge in [-0.15, -0.1) is 0 Å². The summed E-state index contributed by atoms with van der Waals surface area (Å²) >= 11 is 0. The number of pyridine rings is 1. The second-order valence-corrected chi connectivity index (χ2v) is 8.68. The number of aliphatic hydroxyl groups is 1. The number of piperidine rings is 1. The predicted molar refractivity (Wildman–Crippen MR) is 110 cm³/mol. The third kappa shape index (κ3) is 3.59. The summed E-state index contributed by atoms with van der Waals surface area (Å²) in [5.41, 5.74) is 3.04. The van der Waals surface area contributed by atoms with Crippen LogP contribution in [0.15, 0.2) is 16.9 Å². The predicted octanol–water partition coefficient (Wildman–Crippen LogP) is 3.69. The second-order valence-electron chi connectivity index (χ2n) is 8.68. The maximum absolute atomic E-state index is 12.5. The number of anilines is 1. The Morgan fingerprint density at radius 2 is 2.00 bits per heavy atom. The molecule has 2 aliphatic rings. The van der Waals surface area contributed by atoms with Crippen molar-refractivity contribution in [1.82, 2.24) is 4.98 Å². The number of nitriles is 1. The zero-order valence-electron chi connectivity index (χ0n) is 16.6. The average molecular weight is 367 g/mol. The molecule has 3 rings (SSSR count). The van der Waals surface area contributed by atoms with E-state index in [0.29, 0.717) is 16.8 Å². The van der Waals surface area contributed by atoms with Crippen LogP contribution in [0.1, 0.15) is 63.3 Å². The highest BCUT2D eigenvalue weighted by atomic mass is 16.3. The molecule has 1 saturated carbocycles. The third-order valence-electron chi connectivity index (χ3n) is 6.49. The summed E-state index contributed by atoms with van der Waals surface area (Å²) in [4.78, 5) is 17.5. The van der Waals surface area contributed by atoms with E-state index in [2.05, 4.69) is 22.5 Å². The largest absolute Gasteiger partial charge is 0.395 e. The van der Waals surface area contributed by atoms with Gasteiger partial charge in [0.05, 0.1) is 12.3 Å². The molecule has 0 bridgehead atoms. The number of nitrogens with zero attached hydrogens (tertiary/aromatic N) is 2. The molecule has 1 aromatic heterocycles. The highest BCUT2D eigenvalue weighted by molar-refractivity contribution is 5.79. The van der Waals surface area contributed by atoms with Gasteiger partial charge < -0.3 is 15.0 Å². The van der Waals surface area contributed by atoms with E-state index in [1.165, 1.54) is 12.8 Å². The topological polar surface area (TPSA) is 80.1 Å². The van der Waals surface area contributed by atoms with Crippen molar-refractivity contribution < 1.29 is 5.11 Å². The Morgan fingerprint density at radius 1 is 1.37 bits per heavy atom. The van der Waals surface area contributed by atoms with Crippen LogP contribution in [0.4, 0.5) is 5.69 Å². The van der Waals surface area contributed by atoms with E-state index in [0.717, 1.165) is 37.1 Å². The lowest BCUT2D eigenvalue weighted by atomic mass is 9.84. The first-order valence-electron chi connectivity index (χ1n) is 9.64. The highest BCUT2D eigenvalue weighted by Crippen LogP contribution is 2.54. The zero-order valence-corrected chi connectivity index (χ0v) is 16.6. The molecule has 1 spiro atoms. The Balaban J connectivity index is 2.15. The fourth-order valence-electron chi connectivity index (χ4n) is 3.78. The molecule has 27 heavy (non-hydrogen) atoms. The number of rotatable bonds is 5. The van der Waals surface area contributed by atoms with Gasteiger partial charge in [-0.25, -0.2) is 0 Å². The molecule has 0 radical (unpaired) electrons. The summed E-state index contributed by atoms with van der Waals surface area (Å²) in [5, 5.41) is 19.4. The SMILES string of the molecule is C=Cc1[nH]c(=O)c(C#N)c(N2CCC3(CC2)CC3)c1/C=C(\C)C(C)(C)CO. The van der Waals surface area contributed by atoms with Gasteiger partial charge in [-0.1, -0.05) is 32.1 Å². The van der Waals surface area contributed by atoms with Crippen LogP contribution in [0.2, 0.25) is 0 Å². The highest BCUT2D eigenvalue weighted by Gasteiger charge is 2.45. The van der Waals surface area contributed by atoms with Crippen molar-refractivity contribution in [3.8, 4) is 6.07 Å². The first kappa shape index (κ1) is 19.4. The molecule has 0 unspecified atom stereocenters. The molecule has 0 amide bonds. The normalized spacial score (nSPS) is 19.1. The van der Waals surface area contributed by atoms with Gasteiger partial charge in [0.2, 0.25) is 0 Å². The van der Waals surface area contributed by atoms with Crippen LogP contribution < -0.4 is 10.5 Å². The van der Waals surface area contributed by atoms with Gasteiger partial charge in [0.25, 0.3) is 5.56 Å². The standard InChI is InChI=1S/C22H29N3O2/c1-5-18-16(12-15(2)21(3,4)14-26)19(17(13-23)20(27)24-18)25-10-8-22(6-7-22)9-11-25/h5,12,26H,1,6-11,14H2,2-4H3,(H,24,27)/b15-12+. The molecule has 2 N–H and O–H groups in total. The molecule has 5 heteroatoms. The number of hydrogen-bond donors (Lipinski definition) is 2. The smallest absolute Gasteiger partial charge is 0.268 e. The summed E-state index contributed by atoms with van der Waals surface area (Å²) < 4.78 is 0. The Hall–Kier alpha value is -2.32. The zero-order chi connectivity index (χ0) is 19.8. The van der Waals surface area contributed by atoms with Gasteiger partial charge in [-0.2, -0.15) is 5.26 Å². The van der Waals surface area contributed by atoms with E-state index in [1.807, 2.05) is 26.8 Å². The van der Waals surface area contributed by atoms with Crippen molar-refractivity contribution in [1.29, 1.82) is 5.26 Å². The van der Waals surface area contributed by atoms with Gasteiger partial charge in [0, 0.05) is 29.8 Å². The number of aliphatic hydroxyl groups excluding tert-OH is 1. The fraction of sp³-hybridized carbons (Fsp3) is 0.545. The van der Waals surface area contributed by atoms with Crippen LogP contribution in [0.3, 0.4) is 0 Å². The Bertz CT molecular complexity index is 872. The lowest BCUT2D eigenvalue weighted by Gasteiger charge is -2.35. The van der Waals surface area contributed by atoms with Crippen molar-refractivity contribution >= 4 is 17.8 Å². The maximum Gasteiger partial charge on any atom is 0.268 e. The summed E-state index contributed by atoms with van der Waals surface area (Å²) in [5.74, 6) is 0. The van der Waals surface area contributed by atoms with Gasteiger partial charge in [-0.3, -0.25) is 4.79 Å². The lowest BCUT2D eigenvalue weighted by Crippen LogP contribution is -2.37. The second kappa shape index (κ2) is 7.01. The number of aromatic amines is 1. The van der Waals surface area contributed by atoms with Crippen LogP contribution in [0, 0.1) is 22.2 Å². The van der Waals surface area contributed by atoms with E-state index in [1.54, 1.807) is 6.08 Å². The number of aromatic nitrogens is 1. The van der Waals surface area contributed by atoms with Crippen LogP contribution in [0.25, 0.3) is 12.2 Å². The minimum absolute atomic E-state index is 0.0226. The molecular weight excluding hydrogens is 338 g/mol. The van der Waals surface area contributed by atoms with Crippen molar-refractivity contribution in [2.24, 2.45) is 10.8 Å². The first-order valence-corrected chi connectivity index (χ1v) is 9.64. The van der Waals surface area contributed by atoms with Crippen molar-refractivity contribution in [2.75, 3.05) is 24.6 Å². The summed E-state index contributed by atoms with van der Waals surface area (Å²) in [6, 6.07) is 2.12. The van der Waals surface area contributed by atoms with E-state index in [4.69, 9.17) is 0 Å². The maximum atomic E-state index is 12.5. The summed E-state index contributed by atoms with van der Waals surface area (Å²) in [6.07, 6.45) is 8.44. The first-order chi connectivity index (χ1) is 12.8. The van der Waals surface area contributed by atoms with Gasteiger partial charge in [0.15, 0.2) is 0 Å². The average Bonchev–Trinajstić information content (AvgIpc) is 3.42.